The summed E-state index contributed by atoms with van der Waals surface area (Å²) in [6.45, 7) is 12.0. The molecule has 1 fully saturated rings. The zero-order chi connectivity index (χ0) is 21.7. The monoisotopic (exact) mass is 408 g/mol. The van der Waals surface area contributed by atoms with Gasteiger partial charge in [0, 0.05) is 31.5 Å². The van der Waals surface area contributed by atoms with Crippen LogP contribution in [0.5, 0.6) is 0 Å². The van der Waals surface area contributed by atoms with Gasteiger partial charge < -0.3 is 15.4 Å². The molecule has 30 heavy (non-hydrogen) atoms. The Morgan fingerprint density at radius 3 is 1.83 bits per heavy atom. The molecule has 2 aromatic carbocycles. The van der Waals surface area contributed by atoms with Crippen molar-refractivity contribution in [2.24, 2.45) is 0 Å². The van der Waals surface area contributed by atoms with Crippen molar-refractivity contribution in [3.8, 4) is 0 Å². The third-order valence-electron chi connectivity index (χ3n) is 6.05. The van der Waals surface area contributed by atoms with Crippen molar-refractivity contribution in [3.63, 3.8) is 0 Å². The van der Waals surface area contributed by atoms with Crippen LogP contribution in [0.15, 0.2) is 48.5 Å². The molecule has 0 aliphatic carbocycles. The van der Waals surface area contributed by atoms with E-state index < -0.39 is 0 Å². The predicted octanol–water partition coefficient (Wildman–Crippen LogP) is 5.54. The van der Waals surface area contributed by atoms with Gasteiger partial charge in [-0.05, 0) is 41.0 Å². The van der Waals surface area contributed by atoms with Crippen molar-refractivity contribution in [3.05, 3.63) is 70.8 Å². The van der Waals surface area contributed by atoms with Gasteiger partial charge in [-0.25, -0.2) is 4.79 Å². The van der Waals surface area contributed by atoms with E-state index in [2.05, 4.69) is 86.9 Å². The molecule has 0 spiro atoms. The lowest BCUT2D eigenvalue weighted by atomic mass is 9.82. The third kappa shape index (κ3) is 5.42. The molecule has 4 heteroatoms. The maximum Gasteiger partial charge on any atom is 0.407 e. The molecule has 162 valence electrons. The first kappa shape index (κ1) is 22.4. The Labute approximate surface area is 181 Å². The molecule has 2 atom stereocenters. The minimum atomic E-state index is -0.330. The quantitative estimate of drug-likeness (QED) is 0.632. The first-order valence-electron chi connectivity index (χ1n) is 11.3. The van der Waals surface area contributed by atoms with Gasteiger partial charge in [-0.3, -0.25) is 0 Å². The number of hydrogen-bond acceptors (Lipinski definition) is 3. The molecule has 2 N–H and O–H groups in total. The van der Waals surface area contributed by atoms with Crippen LogP contribution in [0.3, 0.4) is 0 Å². The topological polar surface area (TPSA) is 50.4 Å². The van der Waals surface area contributed by atoms with E-state index in [1.807, 2.05) is 6.92 Å². The second kappa shape index (κ2) is 10.1. The number of nitrogens with one attached hydrogen (secondary N) is 2. The largest absolute Gasteiger partial charge is 0.445 e. The number of rotatable bonds is 7. The number of carbonyl (C=O) groups excluding carboxylic acids is 1. The molecule has 1 heterocycles. The summed E-state index contributed by atoms with van der Waals surface area (Å²) >= 11 is 0. The fourth-order valence-corrected chi connectivity index (χ4v) is 4.25. The molecular formula is C26H36N2O2. The lowest BCUT2D eigenvalue weighted by Crippen LogP contribution is -2.30. The molecule has 0 unspecified atom stereocenters. The lowest BCUT2D eigenvalue weighted by Gasteiger charge is -2.26. The van der Waals surface area contributed by atoms with E-state index in [-0.39, 0.29) is 24.2 Å². The van der Waals surface area contributed by atoms with E-state index in [0.29, 0.717) is 24.9 Å². The summed E-state index contributed by atoms with van der Waals surface area (Å²) in [5.74, 6) is 1.25. The number of alkyl carbamates (subject to hydrolysis) is 1. The molecule has 0 radical (unpaired) electrons. The van der Waals surface area contributed by atoms with E-state index in [0.717, 1.165) is 6.42 Å². The molecule has 4 nitrogen and oxygen atoms in total. The summed E-state index contributed by atoms with van der Waals surface area (Å²) in [5, 5.41) is 6.35. The highest BCUT2D eigenvalue weighted by molar-refractivity contribution is 5.67. The summed E-state index contributed by atoms with van der Waals surface area (Å²) in [7, 11) is 0. The number of amides is 1. The highest BCUT2D eigenvalue weighted by Gasteiger charge is 2.34. The van der Waals surface area contributed by atoms with Gasteiger partial charge in [0.2, 0.25) is 0 Å². The van der Waals surface area contributed by atoms with Gasteiger partial charge >= 0.3 is 6.09 Å². The standard InChI is InChI=1S/C26H36N2O2/c1-6-27-26(29)30-23-15-24(28-16-23)25(21-11-7-19(8-12-21)17(2)3)22-13-9-20(10-14-22)18(4)5/h7-14,17-18,23-25,28H,6,15-16H2,1-5H3,(H,27,29)/t23-,24-/m1/s1. The zero-order valence-corrected chi connectivity index (χ0v) is 18.9. The first-order valence-corrected chi connectivity index (χ1v) is 11.3. The zero-order valence-electron chi connectivity index (χ0n) is 18.9. The first-order chi connectivity index (χ1) is 14.4. The van der Waals surface area contributed by atoms with Crippen LogP contribution in [0, 0.1) is 0 Å². The second-order valence-electron chi connectivity index (χ2n) is 8.93. The number of hydrogen-bond donors (Lipinski definition) is 2. The molecule has 3 rings (SSSR count). The maximum atomic E-state index is 11.9. The Hall–Kier alpha value is -2.33. The summed E-state index contributed by atoms with van der Waals surface area (Å²) in [6, 6.07) is 18.2. The highest BCUT2D eigenvalue weighted by atomic mass is 16.6. The van der Waals surface area contributed by atoms with Gasteiger partial charge in [0.25, 0.3) is 0 Å². The SMILES string of the molecule is CCNC(=O)O[C@H]1CN[C@@H](C(c2ccc(C(C)C)cc2)c2ccc(C(C)C)cc2)C1. The number of ether oxygens (including phenoxy) is 1. The van der Waals surface area contributed by atoms with E-state index in [1.165, 1.54) is 22.3 Å². The van der Waals surface area contributed by atoms with E-state index >= 15 is 0 Å². The van der Waals surface area contributed by atoms with Crippen LogP contribution in [0.4, 0.5) is 4.79 Å². The van der Waals surface area contributed by atoms with Crippen LogP contribution in [0.2, 0.25) is 0 Å². The van der Waals surface area contributed by atoms with Gasteiger partial charge in [-0.1, -0.05) is 76.2 Å². The number of benzene rings is 2. The Balaban J connectivity index is 1.85. The number of carbonyl (C=O) groups is 1. The lowest BCUT2D eigenvalue weighted by molar-refractivity contribution is 0.106. The Morgan fingerprint density at radius 2 is 1.40 bits per heavy atom. The molecule has 1 aliphatic rings. The van der Waals surface area contributed by atoms with Crippen LogP contribution in [0.1, 0.15) is 81.0 Å². The highest BCUT2D eigenvalue weighted by Crippen LogP contribution is 2.34. The summed E-state index contributed by atoms with van der Waals surface area (Å²) < 4.78 is 5.59. The van der Waals surface area contributed by atoms with Gasteiger partial charge in [-0.15, -0.1) is 0 Å². The van der Waals surface area contributed by atoms with Crippen LogP contribution in [-0.2, 0) is 4.74 Å². The van der Waals surface area contributed by atoms with E-state index in [1.54, 1.807) is 0 Å². The Morgan fingerprint density at radius 1 is 0.933 bits per heavy atom. The average Bonchev–Trinajstić information content (AvgIpc) is 3.17. The summed E-state index contributed by atoms with van der Waals surface area (Å²) in [6.07, 6.45) is 0.373. The van der Waals surface area contributed by atoms with Gasteiger partial charge in [0.1, 0.15) is 6.10 Å². The van der Waals surface area contributed by atoms with Gasteiger partial charge in [-0.2, -0.15) is 0 Å². The van der Waals surface area contributed by atoms with E-state index in [9.17, 15) is 4.79 Å². The predicted molar refractivity (Wildman–Crippen MR) is 123 cm³/mol. The van der Waals surface area contributed by atoms with Crippen molar-refractivity contribution in [2.75, 3.05) is 13.1 Å². The summed E-state index contributed by atoms with van der Waals surface area (Å²) in [4.78, 5) is 11.9. The molecule has 1 saturated heterocycles. The van der Waals surface area contributed by atoms with Crippen LogP contribution in [0.25, 0.3) is 0 Å². The molecular weight excluding hydrogens is 372 g/mol. The van der Waals surface area contributed by atoms with Gasteiger partial charge in [0.15, 0.2) is 0 Å². The smallest absolute Gasteiger partial charge is 0.407 e. The van der Waals surface area contributed by atoms with Crippen LogP contribution in [-0.4, -0.2) is 31.3 Å². The molecule has 0 bridgehead atoms. The Bertz CT molecular complexity index is 760. The minimum Gasteiger partial charge on any atom is -0.445 e. The fraction of sp³-hybridized carbons (Fsp3) is 0.500. The molecule has 0 saturated carbocycles. The van der Waals surface area contributed by atoms with Crippen molar-refractivity contribution in [1.29, 1.82) is 0 Å². The van der Waals surface area contributed by atoms with Crippen LogP contribution >= 0.6 is 0 Å². The Kier molecular flexibility index (Phi) is 7.54. The maximum absolute atomic E-state index is 11.9. The third-order valence-corrected chi connectivity index (χ3v) is 6.05. The molecule has 0 aromatic heterocycles. The van der Waals surface area contributed by atoms with Crippen molar-refractivity contribution >= 4 is 6.09 Å². The van der Waals surface area contributed by atoms with Gasteiger partial charge in [0.05, 0.1) is 0 Å². The summed E-state index contributed by atoms with van der Waals surface area (Å²) in [5.41, 5.74) is 5.30. The molecule has 1 amide bonds. The fourth-order valence-electron chi connectivity index (χ4n) is 4.25. The van der Waals surface area contributed by atoms with E-state index in [4.69, 9.17) is 4.74 Å². The average molecular weight is 409 g/mol. The molecule has 1 aliphatic heterocycles. The van der Waals surface area contributed by atoms with Crippen molar-refractivity contribution in [1.82, 2.24) is 10.6 Å². The molecule has 2 aromatic rings. The van der Waals surface area contributed by atoms with Crippen molar-refractivity contribution < 1.29 is 9.53 Å². The normalized spacial score (nSPS) is 18.9. The second-order valence-corrected chi connectivity index (χ2v) is 8.93. The van der Waals surface area contributed by atoms with Crippen molar-refractivity contribution in [2.45, 2.75) is 70.9 Å². The minimum absolute atomic E-state index is 0.103. The van der Waals surface area contributed by atoms with Crippen LogP contribution < -0.4 is 10.6 Å².